The Balaban J connectivity index is 2.14. The number of rotatable bonds is 5. The maximum Gasteiger partial charge on any atom is 0.328 e. The molecule has 1 atom stereocenters. The van der Waals surface area contributed by atoms with Gasteiger partial charge in [-0.25, -0.2) is 4.79 Å². The Morgan fingerprint density at radius 2 is 2.09 bits per heavy atom. The number of hydrogen-bond donors (Lipinski definition) is 0. The third-order valence-corrected chi connectivity index (χ3v) is 3.90. The normalized spacial score (nSPS) is 17.9. The highest BCUT2D eigenvalue weighted by Gasteiger charge is 2.33. The van der Waals surface area contributed by atoms with Crippen molar-refractivity contribution in [2.24, 2.45) is 5.92 Å². The molecule has 1 aliphatic rings. The minimum atomic E-state index is -0.485. The number of nitrogens with zero attached hydrogens (tertiary/aromatic N) is 1. The lowest BCUT2D eigenvalue weighted by atomic mass is 10.0. The van der Waals surface area contributed by atoms with Crippen molar-refractivity contribution in [3.05, 3.63) is 29.8 Å². The number of amides is 1. The van der Waals surface area contributed by atoms with Crippen LogP contribution in [0.4, 0.5) is 0 Å². The van der Waals surface area contributed by atoms with Gasteiger partial charge in [-0.1, -0.05) is 19.9 Å². The Morgan fingerprint density at radius 1 is 1.30 bits per heavy atom. The molecule has 0 bridgehead atoms. The highest BCUT2D eigenvalue weighted by molar-refractivity contribution is 5.97. The molecule has 1 aromatic carbocycles. The third-order valence-electron chi connectivity index (χ3n) is 3.90. The topological polar surface area (TPSA) is 55.8 Å². The first-order chi connectivity index (χ1) is 11.0. The number of piperidine rings is 1. The molecule has 1 heterocycles. The van der Waals surface area contributed by atoms with Gasteiger partial charge in [0, 0.05) is 12.1 Å². The zero-order valence-corrected chi connectivity index (χ0v) is 14.1. The van der Waals surface area contributed by atoms with Crippen molar-refractivity contribution >= 4 is 11.9 Å². The van der Waals surface area contributed by atoms with E-state index in [1.54, 1.807) is 23.1 Å². The number of ether oxygens (including phenoxy) is 2. The summed E-state index contributed by atoms with van der Waals surface area (Å²) in [6.07, 6.45) is 2.49. The molecule has 1 unspecified atom stereocenters. The van der Waals surface area contributed by atoms with Crippen molar-refractivity contribution in [2.75, 3.05) is 20.3 Å². The van der Waals surface area contributed by atoms with Gasteiger partial charge in [0.15, 0.2) is 0 Å². The molecule has 23 heavy (non-hydrogen) atoms. The van der Waals surface area contributed by atoms with E-state index in [0.717, 1.165) is 12.8 Å². The van der Waals surface area contributed by atoms with Crippen molar-refractivity contribution in [1.82, 2.24) is 4.90 Å². The number of benzene rings is 1. The van der Waals surface area contributed by atoms with Crippen LogP contribution in [0, 0.1) is 5.92 Å². The molecule has 1 fully saturated rings. The predicted octanol–water partition coefficient (Wildman–Crippen LogP) is 2.89. The molecule has 0 spiro atoms. The summed E-state index contributed by atoms with van der Waals surface area (Å²) in [4.78, 5) is 26.3. The maximum atomic E-state index is 12.8. The second-order valence-electron chi connectivity index (χ2n) is 6.27. The van der Waals surface area contributed by atoms with Crippen LogP contribution < -0.4 is 4.74 Å². The quantitative estimate of drug-likeness (QED) is 0.783. The molecule has 1 amide bonds. The van der Waals surface area contributed by atoms with Crippen LogP contribution in [0.1, 0.15) is 43.5 Å². The monoisotopic (exact) mass is 319 g/mol. The van der Waals surface area contributed by atoms with Gasteiger partial charge in [-0.2, -0.15) is 0 Å². The molecule has 126 valence electrons. The van der Waals surface area contributed by atoms with Gasteiger partial charge in [-0.3, -0.25) is 4.79 Å². The fourth-order valence-electron chi connectivity index (χ4n) is 2.70. The Kier molecular flexibility index (Phi) is 6.02. The van der Waals surface area contributed by atoms with Gasteiger partial charge < -0.3 is 14.4 Å². The van der Waals surface area contributed by atoms with E-state index in [0.29, 0.717) is 36.8 Å². The van der Waals surface area contributed by atoms with Gasteiger partial charge in [0.05, 0.1) is 13.7 Å². The van der Waals surface area contributed by atoms with Crippen molar-refractivity contribution in [1.29, 1.82) is 0 Å². The smallest absolute Gasteiger partial charge is 0.328 e. The number of likely N-dealkylation sites (tertiary alicyclic amines) is 1. The Hall–Kier alpha value is -2.04. The average molecular weight is 319 g/mol. The van der Waals surface area contributed by atoms with E-state index in [1.807, 2.05) is 6.07 Å². The number of methoxy groups -OCH3 is 1. The lowest BCUT2D eigenvalue weighted by Crippen LogP contribution is -2.48. The summed E-state index contributed by atoms with van der Waals surface area (Å²) in [6, 6.07) is 6.66. The Labute approximate surface area is 137 Å². The Bertz CT molecular complexity index is 556. The number of carbonyl (C=O) groups is 2. The summed E-state index contributed by atoms with van der Waals surface area (Å²) >= 11 is 0. The fraction of sp³-hybridized carbons (Fsp3) is 0.556. The first-order valence-corrected chi connectivity index (χ1v) is 8.14. The number of hydrogen-bond acceptors (Lipinski definition) is 4. The summed E-state index contributed by atoms with van der Waals surface area (Å²) in [5.74, 6) is 0.608. The molecule has 1 aliphatic heterocycles. The summed E-state index contributed by atoms with van der Waals surface area (Å²) in [6.45, 7) is 5.33. The lowest BCUT2D eigenvalue weighted by molar-refractivity contribution is -0.147. The summed E-state index contributed by atoms with van der Waals surface area (Å²) in [7, 11) is 1.36. The first-order valence-electron chi connectivity index (χ1n) is 8.14. The van der Waals surface area contributed by atoms with Crippen LogP contribution in [-0.4, -0.2) is 43.1 Å². The minimum absolute atomic E-state index is 0.143. The van der Waals surface area contributed by atoms with E-state index >= 15 is 0 Å². The molecule has 1 aromatic rings. The largest absolute Gasteiger partial charge is 0.493 e. The molecule has 5 heteroatoms. The van der Waals surface area contributed by atoms with E-state index in [-0.39, 0.29) is 11.9 Å². The molecule has 0 saturated carbocycles. The van der Waals surface area contributed by atoms with Crippen molar-refractivity contribution < 1.29 is 19.1 Å². The maximum absolute atomic E-state index is 12.8. The molecule has 0 aliphatic carbocycles. The predicted molar refractivity (Wildman–Crippen MR) is 87.5 cm³/mol. The second kappa shape index (κ2) is 7.99. The molecular weight excluding hydrogens is 294 g/mol. The van der Waals surface area contributed by atoms with Crippen molar-refractivity contribution in [2.45, 2.75) is 39.2 Å². The summed E-state index contributed by atoms with van der Waals surface area (Å²) in [5.41, 5.74) is 0.544. The van der Waals surface area contributed by atoms with Crippen molar-refractivity contribution in [3.63, 3.8) is 0 Å². The van der Waals surface area contributed by atoms with Crippen molar-refractivity contribution in [3.8, 4) is 5.75 Å². The van der Waals surface area contributed by atoms with Gasteiger partial charge in [-0.05, 0) is 43.4 Å². The second-order valence-corrected chi connectivity index (χ2v) is 6.27. The standard InChI is InChI=1S/C18H25NO4/c1-13(2)12-23-15-8-6-7-14(11-15)17(20)19-10-5-4-9-16(19)18(21)22-3/h6-8,11,13,16H,4-5,9-10,12H2,1-3H3. The van der Waals surface area contributed by atoms with E-state index in [2.05, 4.69) is 13.8 Å². The van der Waals surface area contributed by atoms with Crippen LogP contribution in [0.5, 0.6) is 5.75 Å². The molecular formula is C18H25NO4. The zero-order chi connectivity index (χ0) is 16.8. The molecule has 0 N–H and O–H groups in total. The summed E-state index contributed by atoms with van der Waals surface area (Å²) < 4.78 is 10.5. The SMILES string of the molecule is COC(=O)C1CCCCN1C(=O)c1cccc(OCC(C)C)c1. The molecule has 5 nitrogen and oxygen atoms in total. The van der Waals surface area contributed by atoms with E-state index < -0.39 is 6.04 Å². The van der Waals surface area contributed by atoms with E-state index in [9.17, 15) is 9.59 Å². The molecule has 2 rings (SSSR count). The average Bonchev–Trinajstić information content (AvgIpc) is 2.59. The minimum Gasteiger partial charge on any atom is -0.493 e. The fourth-order valence-corrected chi connectivity index (χ4v) is 2.70. The highest BCUT2D eigenvalue weighted by atomic mass is 16.5. The molecule has 0 aromatic heterocycles. The van der Waals surface area contributed by atoms with Crippen LogP contribution in [0.2, 0.25) is 0 Å². The van der Waals surface area contributed by atoms with Crippen LogP contribution in [0.25, 0.3) is 0 Å². The zero-order valence-electron chi connectivity index (χ0n) is 14.1. The van der Waals surface area contributed by atoms with E-state index in [1.165, 1.54) is 7.11 Å². The first kappa shape index (κ1) is 17.3. The van der Waals surface area contributed by atoms with Gasteiger partial charge in [-0.15, -0.1) is 0 Å². The highest BCUT2D eigenvalue weighted by Crippen LogP contribution is 2.22. The van der Waals surface area contributed by atoms with Crippen LogP contribution in [0.15, 0.2) is 24.3 Å². The third kappa shape index (κ3) is 4.47. The Morgan fingerprint density at radius 3 is 2.78 bits per heavy atom. The summed E-state index contributed by atoms with van der Waals surface area (Å²) in [5, 5.41) is 0. The lowest BCUT2D eigenvalue weighted by Gasteiger charge is -2.33. The van der Waals surface area contributed by atoms with Crippen LogP contribution in [-0.2, 0) is 9.53 Å². The molecule has 0 radical (unpaired) electrons. The number of carbonyl (C=O) groups excluding carboxylic acids is 2. The van der Waals surface area contributed by atoms with Crippen LogP contribution in [0.3, 0.4) is 0 Å². The van der Waals surface area contributed by atoms with Gasteiger partial charge in [0.1, 0.15) is 11.8 Å². The number of esters is 1. The van der Waals surface area contributed by atoms with Gasteiger partial charge in [0.2, 0.25) is 0 Å². The van der Waals surface area contributed by atoms with Crippen LogP contribution >= 0.6 is 0 Å². The van der Waals surface area contributed by atoms with Gasteiger partial charge in [0.25, 0.3) is 5.91 Å². The molecule has 1 saturated heterocycles. The van der Waals surface area contributed by atoms with E-state index in [4.69, 9.17) is 9.47 Å². The van der Waals surface area contributed by atoms with Gasteiger partial charge >= 0.3 is 5.97 Å².